The minimum atomic E-state index is 0.377. The number of nitrogens with zero attached hydrogens (tertiary/aromatic N) is 2. The second kappa shape index (κ2) is 5.35. The van der Waals surface area contributed by atoms with Gasteiger partial charge in [-0.15, -0.1) is 0 Å². The Hall–Kier alpha value is -0.770. The minimum Gasteiger partial charge on any atom is -0.341 e. The molecule has 4 heteroatoms. The molecule has 4 nitrogen and oxygen atoms in total. The molecule has 1 saturated heterocycles. The summed E-state index contributed by atoms with van der Waals surface area (Å²) in [5.74, 6) is 6.36. The lowest BCUT2D eigenvalue weighted by Crippen LogP contribution is -2.51. The fraction of sp³-hybridized carbons (Fsp3) is 0.909. The maximum absolute atomic E-state index is 5.51. The average molecular weight is 212 g/mol. The summed E-state index contributed by atoms with van der Waals surface area (Å²) in [6.07, 6.45) is 3.57. The number of guanidine groups is 1. The Morgan fingerprint density at radius 3 is 2.80 bits per heavy atom. The highest BCUT2D eigenvalue weighted by Gasteiger charge is 2.27. The van der Waals surface area contributed by atoms with Gasteiger partial charge in [0.1, 0.15) is 0 Å². The monoisotopic (exact) mass is 212 g/mol. The van der Waals surface area contributed by atoms with E-state index in [0.717, 1.165) is 32.0 Å². The molecule has 0 saturated carbocycles. The van der Waals surface area contributed by atoms with Crippen molar-refractivity contribution in [2.75, 3.05) is 19.6 Å². The van der Waals surface area contributed by atoms with Crippen LogP contribution in [-0.2, 0) is 0 Å². The van der Waals surface area contributed by atoms with E-state index in [1.807, 2.05) is 0 Å². The Balaban J connectivity index is 2.60. The normalized spacial score (nSPS) is 21.6. The molecular weight excluding hydrogens is 188 g/mol. The highest BCUT2D eigenvalue weighted by atomic mass is 15.4. The molecule has 0 radical (unpaired) electrons. The first-order valence-electron chi connectivity index (χ1n) is 5.85. The molecule has 0 aromatic heterocycles. The molecule has 0 aliphatic carbocycles. The summed E-state index contributed by atoms with van der Waals surface area (Å²) >= 11 is 0. The van der Waals surface area contributed by atoms with Crippen molar-refractivity contribution in [1.82, 2.24) is 10.3 Å². The number of nitrogens with one attached hydrogen (secondary N) is 1. The molecule has 1 rings (SSSR count). The molecule has 0 aromatic carbocycles. The number of aliphatic imine (C=N–C) groups is 1. The van der Waals surface area contributed by atoms with Crippen molar-refractivity contribution in [3.05, 3.63) is 0 Å². The molecule has 1 aliphatic heterocycles. The molecule has 0 spiro atoms. The van der Waals surface area contributed by atoms with Crippen LogP contribution in [0.5, 0.6) is 0 Å². The molecule has 0 aromatic rings. The van der Waals surface area contributed by atoms with Crippen LogP contribution in [0.2, 0.25) is 0 Å². The first-order chi connectivity index (χ1) is 7.09. The lowest BCUT2D eigenvalue weighted by Gasteiger charge is -2.39. The van der Waals surface area contributed by atoms with Crippen LogP contribution in [0.25, 0.3) is 0 Å². The van der Waals surface area contributed by atoms with Crippen LogP contribution in [0.1, 0.15) is 40.0 Å². The standard InChI is InChI=1S/C11H24N4/c1-4-7-13-10(14-12)15-8-5-6-11(2,3)9-15/h4-9,12H2,1-3H3,(H,13,14). The zero-order valence-corrected chi connectivity index (χ0v) is 10.2. The third kappa shape index (κ3) is 3.70. The summed E-state index contributed by atoms with van der Waals surface area (Å²) in [6, 6.07) is 0. The van der Waals surface area contributed by atoms with Gasteiger partial charge in [-0.1, -0.05) is 20.8 Å². The summed E-state index contributed by atoms with van der Waals surface area (Å²) in [6.45, 7) is 9.67. The fourth-order valence-electron chi connectivity index (χ4n) is 2.06. The van der Waals surface area contributed by atoms with E-state index in [4.69, 9.17) is 5.84 Å². The number of rotatable bonds is 2. The molecule has 1 fully saturated rings. The van der Waals surface area contributed by atoms with Crippen LogP contribution >= 0.6 is 0 Å². The van der Waals surface area contributed by atoms with Crippen molar-refractivity contribution < 1.29 is 0 Å². The summed E-state index contributed by atoms with van der Waals surface area (Å²) in [5.41, 5.74) is 3.10. The van der Waals surface area contributed by atoms with Gasteiger partial charge < -0.3 is 4.90 Å². The first-order valence-corrected chi connectivity index (χ1v) is 5.85. The van der Waals surface area contributed by atoms with Crippen molar-refractivity contribution in [3.8, 4) is 0 Å². The van der Waals surface area contributed by atoms with E-state index in [2.05, 4.69) is 36.1 Å². The first kappa shape index (κ1) is 12.3. The lowest BCUT2D eigenvalue weighted by molar-refractivity contribution is 0.174. The van der Waals surface area contributed by atoms with Crippen molar-refractivity contribution in [2.24, 2.45) is 16.3 Å². The number of likely N-dealkylation sites (tertiary alicyclic amines) is 1. The summed E-state index contributed by atoms with van der Waals surface area (Å²) in [7, 11) is 0. The number of hydrazine groups is 1. The minimum absolute atomic E-state index is 0.377. The Morgan fingerprint density at radius 2 is 2.27 bits per heavy atom. The number of nitrogens with two attached hydrogens (primary N) is 1. The van der Waals surface area contributed by atoms with E-state index in [-0.39, 0.29) is 0 Å². The smallest absolute Gasteiger partial charge is 0.208 e. The van der Waals surface area contributed by atoms with Crippen molar-refractivity contribution in [3.63, 3.8) is 0 Å². The molecule has 1 heterocycles. The van der Waals surface area contributed by atoms with Gasteiger partial charge in [-0.2, -0.15) is 0 Å². The van der Waals surface area contributed by atoms with E-state index in [0.29, 0.717) is 5.41 Å². The van der Waals surface area contributed by atoms with Gasteiger partial charge in [0.05, 0.1) is 0 Å². The van der Waals surface area contributed by atoms with Gasteiger partial charge in [-0.3, -0.25) is 10.4 Å². The highest BCUT2D eigenvalue weighted by Crippen LogP contribution is 2.28. The molecule has 0 bridgehead atoms. The van der Waals surface area contributed by atoms with Crippen LogP contribution in [0.15, 0.2) is 4.99 Å². The zero-order chi connectivity index (χ0) is 11.3. The Bertz CT molecular complexity index is 223. The van der Waals surface area contributed by atoms with E-state index in [1.165, 1.54) is 12.8 Å². The van der Waals surface area contributed by atoms with Crippen molar-refractivity contribution in [1.29, 1.82) is 0 Å². The number of hydrogen-bond acceptors (Lipinski definition) is 2. The van der Waals surface area contributed by atoms with Crippen LogP contribution < -0.4 is 11.3 Å². The van der Waals surface area contributed by atoms with Gasteiger partial charge in [0.25, 0.3) is 0 Å². The Kier molecular flexibility index (Phi) is 4.39. The van der Waals surface area contributed by atoms with Crippen LogP contribution in [0, 0.1) is 5.41 Å². The number of piperidine rings is 1. The third-order valence-electron chi connectivity index (χ3n) is 2.81. The van der Waals surface area contributed by atoms with Gasteiger partial charge in [-0.25, -0.2) is 5.84 Å². The SMILES string of the molecule is CCCN=C(NN)N1CCCC(C)(C)C1. The molecule has 0 amide bonds. The predicted molar refractivity (Wildman–Crippen MR) is 64.5 cm³/mol. The third-order valence-corrected chi connectivity index (χ3v) is 2.81. The zero-order valence-electron chi connectivity index (χ0n) is 10.2. The van der Waals surface area contributed by atoms with Gasteiger partial charge >= 0.3 is 0 Å². The number of hydrogen-bond donors (Lipinski definition) is 2. The van der Waals surface area contributed by atoms with Crippen LogP contribution in [0.3, 0.4) is 0 Å². The van der Waals surface area contributed by atoms with E-state index >= 15 is 0 Å². The van der Waals surface area contributed by atoms with Crippen molar-refractivity contribution >= 4 is 5.96 Å². The highest BCUT2D eigenvalue weighted by molar-refractivity contribution is 5.79. The quantitative estimate of drug-likeness (QED) is 0.314. The van der Waals surface area contributed by atoms with Gasteiger partial charge in [0, 0.05) is 19.6 Å². The average Bonchev–Trinajstić information content (AvgIpc) is 2.17. The Morgan fingerprint density at radius 1 is 1.53 bits per heavy atom. The molecule has 3 N–H and O–H groups in total. The van der Waals surface area contributed by atoms with E-state index in [1.54, 1.807) is 0 Å². The molecule has 0 unspecified atom stereocenters. The van der Waals surface area contributed by atoms with Crippen LogP contribution in [0.4, 0.5) is 0 Å². The topological polar surface area (TPSA) is 53.6 Å². The second-order valence-electron chi connectivity index (χ2n) is 5.04. The fourth-order valence-corrected chi connectivity index (χ4v) is 2.06. The Labute approximate surface area is 92.9 Å². The maximum Gasteiger partial charge on any atom is 0.208 e. The molecule has 88 valence electrons. The lowest BCUT2D eigenvalue weighted by atomic mass is 9.84. The predicted octanol–water partition coefficient (Wildman–Crippen LogP) is 1.34. The van der Waals surface area contributed by atoms with Gasteiger partial charge in [-0.05, 0) is 24.7 Å². The van der Waals surface area contributed by atoms with E-state index < -0.39 is 0 Å². The van der Waals surface area contributed by atoms with Crippen molar-refractivity contribution in [2.45, 2.75) is 40.0 Å². The van der Waals surface area contributed by atoms with E-state index in [9.17, 15) is 0 Å². The maximum atomic E-state index is 5.51. The summed E-state index contributed by atoms with van der Waals surface area (Å²) in [4.78, 5) is 6.72. The molecular formula is C11H24N4. The largest absolute Gasteiger partial charge is 0.341 e. The van der Waals surface area contributed by atoms with Gasteiger partial charge in [0.2, 0.25) is 5.96 Å². The summed E-state index contributed by atoms with van der Waals surface area (Å²) < 4.78 is 0. The van der Waals surface area contributed by atoms with Gasteiger partial charge in [0.15, 0.2) is 0 Å². The molecule has 15 heavy (non-hydrogen) atoms. The molecule has 0 atom stereocenters. The van der Waals surface area contributed by atoms with Crippen LogP contribution in [-0.4, -0.2) is 30.5 Å². The summed E-state index contributed by atoms with van der Waals surface area (Å²) in [5, 5.41) is 0. The second-order valence-corrected chi connectivity index (χ2v) is 5.04. The molecule has 1 aliphatic rings.